The Bertz CT molecular complexity index is 1480. The summed E-state index contributed by atoms with van der Waals surface area (Å²) in [5, 5.41) is 22.2. The number of benzene rings is 2. The Morgan fingerprint density at radius 1 is 1.20 bits per heavy atom. The fraction of sp³-hybridized carbons (Fsp3) is 0.484. The van der Waals surface area contributed by atoms with Gasteiger partial charge in [-0.1, -0.05) is 17.8 Å². The van der Waals surface area contributed by atoms with E-state index in [2.05, 4.69) is 34.3 Å². The number of fused-ring (bicyclic) bond motifs is 1. The molecule has 10 heteroatoms. The van der Waals surface area contributed by atoms with Crippen LogP contribution in [0.5, 0.6) is 11.5 Å². The molecule has 41 heavy (non-hydrogen) atoms. The fourth-order valence-corrected chi connectivity index (χ4v) is 7.29. The summed E-state index contributed by atoms with van der Waals surface area (Å²) >= 11 is 1.52. The molecule has 7 nitrogen and oxygen atoms in total. The number of aromatic nitrogens is 2. The number of rotatable bonds is 6. The largest absolute Gasteiger partial charge is 0.507 e. The quantitative estimate of drug-likeness (QED) is 0.293. The van der Waals surface area contributed by atoms with Gasteiger partial charge in [0.25, 0.3) is 5.91 Å². The van der Waals surface area contributed by atoms with Crippen LogP contribution in [0.4, 0.5) is 0 Å². The molecule has 3 aromatic rings. The van der Waals surface area contributed by atoms with E-state index in [0.717, 1.165) is 101 Å². The Morgan fingerprint density at radius 3 is 2.71 bits per heavy atom. The Morgan fingerprint density at radius 2 is 1.95 bits per heavy atom. The van der Waals surface area contributed by atoms with Crippen LogP contribution < -0.4 is 10.1 Å². The number of ether oxygens (including phenoxy) is 1. The van der Waals surface area contributed by atoms with Crippen molar-refractivity contribution in [3.05, 3.63) is 51.1 Å². The molecule has 1 atom stereocenters. The highest BCUT2D eigenvalue weighted by Gasteiger charge is 2.35. The number of halogens is 2. The first-order chi connectivity index (χ1) is 18.7. The van der Waals surface area contributed by atoms with E-state index in [4.69, 9.17) is 4.74 Å². The topological polar surface area (TPSA) is 90.5 Å². The van der Waals surface area contributed by atoms with Crippen LogP contribution in [0.2, 0.25) is 0 Å². The van der Waals surface area contributed by atoms with Crippen LogP contribution in [0.1, 0.15) is 60.6 Å². The molecule has 1 fully saturated rings. The number of nitrogens with one attached hydrogen (secondary N) is 2. The lowest BCUT2D eigenvalue weighted by Crippen LogP contribution is -2.43. The molecule has 1 aromatic heterocycles. The minimum Gasteiger partial charge on any atom is -0.507 e. The number of aromatic hydroxyl groups is 1. The van der Waals surface area contributed by atoms with Gasteiger partial charge in [0.1, 0.15) is 17.1 Å². The highest BCUT2D eigenvalue weighted by molar-refractivity contribution is 8.04. The molecule has 222 valence electrons. The number of carbonyl (C=O) groups is 1. The third-order valence-electron chi connectivity index (χ3n) is 9.10. The van der Waals surface area contributed by atoms with Gasteiger partial charge in [0.05, 0.1) is 16.1 Å². The fourth-order valence-electron chi connectivity index (χ4n) is 6.24. The predicted molar refractivity (Wildman–Crippen MR) is 171 cm³/mol. The minimum absolute atomic E-state index is 0. The number of H-pyrrole nitrogens is 1. The second-order valence-electron chi connectivity index (χ2n) is 11.7. The van der Waals surface area contributed by atoms with E-state index < -0.39 is 0 Å². The summed E-state index contributed by atoms with van der Waals surface area (Å²) in [6.45, 7) is 12.1. The van der Waals surface area contributed by atoms with Crippen molar-refractivity contribution in [3.8, 4) is 11.5 Å². The zero-order valence-corrected chi connectivity index (χ0v) is 26.6. The van der Waals surface area contributed by atoms with Gasteiger partial charge in [0, 0.05) is 28.9 Å². The summed E-state index contributed by atoms with van der Waals surface area (Å²) in [5.41, 5.74) is 5.77. The lowest BCUT2D eigenvalue weighted by Gasteiger charge is -2.40. The molecule has 0 saturated carbocycles. The number of amides is 1. The van der Waals surface area contributed by atoms with Crippen molar-refractivity contribution in [3.63, 3.8) is 0 Å². The summed E-state index contributed by atoms with van der Waals surface area (Å²) in [6.07, 6.45) is 7.00. The second kappa shape index (κ2) is 12.5. The van der Waals surface area contributed by atoms with Crippen LogP contribution in [-0.2, 0) is 11.2 Å². The number of aromatic amines is 1. The van der Waals surface area contributed by atoms with Gasteiger partial charge in [0.15, 0.2) is 0 Å². The molecular weight excluding hydrogens is 579 g/mol. The normalized spacial score (nSPS) is 20.3. The summed E-state index contributed by atoms with van der Waals surface area (Å²) in [6, 6.07) is 6.02. The van der Waals surface area contributed by atoms with Crippen LogP contribution in [-0.4, -0.2) is 57.9 Å². The Hall–Kier alpha value is -2.39. The van der Waals surface area contributed by atoms with E-state index in [0.29, 0.717) is 18.2 Å². The summed E-state index contributed by atoms with van der Waals surface area (Å²) < 4.78 is 6.64. The van der Waals surface area contributed by atoms with E-state index in [-0.39, 0.29) is 36.3 Å². The van der Waals surface area contributed by atoms with Gasteiger partial charge < -0.3 is 20.1 Å². The zero-order valence-electron chi connectivity index (χ0n) is 24.1. The molecule has 3 aliphatic rings. The van der Waals surface area contributed by atoms with Crippen molar-refractivity contribution in [2.45, 2.75) is 70.3 Å². The molecule has 0 aliphatic carbocycles. The molecule has 0 radical (unpaired) electrons. The molecular formula is C31H40Cl2N4O3S. The van der Waals surface area contributed by atoms with E-state index >= 15 is 0 Å². The lowest BCUT2D eigenvalue weighted by atomic mass is 9.85. The first-order valence-corrected chi connectivity index (χ1v) is 14.9. The summed E-state index contributed by atoms with van der Waals surface area (Å²) in [5.74, 6) is 1.89. The van der Waals surface area contributed by atoms with Crippen LogP contribution in [0.3, 0.4) is 0 Å². The van der Waals surface area contributed by atoms with Crippen LogP contribution >= 0.6 is 36.6 Å². The van der Waals surface area contributed by atoms with Gasteiger partial charge in [-0.2, -0.15) is 5.10 Å². The maximum absolute atomic E-state index is 13.0. The molecule has 6 rings (SSSR count). The molecule has 0 spiro atoms. The predicted octanol–water partition coefficient (Wildman–Crippen LogP) is 6.49. The van der Waals surface area contributed by atoms with E-state index in [1.54, 1.807) is 0 Å². The highest BCUT2D eigenvalue weighted by atomic mass is 35.5. The standard InChI is InChI=1S/C31H38N4O3S.2ClH/c1-18-19(2)29-22(20(3)28(18)36)8-11-31(4,38-29)12-15-35-13-9-21(10-14-35)17-32-30(37)26-16-24-27-23(33-34-24)6-5-7-25(27)39-26;;/h5-7,16,21,36H,8-15,17H2,1-4H3,(H,32,37)(H,33,34);2*1H. The van der Waals surface area contributed by atoms with E-state index in [1.807, 2.05) is 38.1 Å². The summed E-state index contributed by atoms with van der Waals surface area (Å²) in [7, 11) is 0. The monoisotopic (exact) mass is 618 g/mol. The number of hydrogen-bond donors (Lipinski definition) is 3. The van der Waals surface area contributed by atoms with Gasteiger partial charge in [0.2, 0.25) is 0 Å². The molecule has 2 aromatic carbocycles. The lowest BCUT2D eigenvalue weighted by molar-refractivity contribution is -0.117. The van der Waals surface area contributed by atoms with Gasteiger partial charge in [-0.3, -0.25) is 9.89 Å². The number of carbonyl (C=O) groups excluding carboxylic acids is 1. The van der Waals surface area contributed by atoms with Crippen LogP contribution in [0, 0.1) is 26.7 Å². The average molecular weight is 620 g/mol. The number of thioether (sulfide) groups is 1. The number of phenols is 1. The molecule has 0 bridgehead atoms. The Kier molecular flexibility index (Phi) is 9.58. The zero-order chi connectivity index (χ0) is 27.3. The molecule has 1 saturated heterocycles. The van der Waals surface area contributed by atoms with Crippen molar-refractivity contribution in [2.24, 2.45) is 5.92 Å². The van der Waals surface area contributed by atoms with Crippen LogP contribution in [0.25, 0.3) is 17.0 Å². The third-order valence-corrected chi connectivity index (χ3v) is 10.2. The van der Waals surface area contributed by atoms with Crippen molar-refractivity contribution < 1.29 is 14.6 Å². The average Bonchev–Trinajstić information content (AvgIpc) is 3.37. The van der Waals surface area contributed by atoms with Crippen LogP contribution in [0.15, 0.2) is 28.0 Å². The summed E-state index contributed by atoms with van der Waals surface area (Å²) in [4.78, 5) is 17.3. The molecule has 1 amide bonds. The SMILES string of the molecule is Cc1c(C)c2c(c(C)c1O)CCC(C)(CCN1CCC(CNC(=O)C3=Cc4[nH]nc5cccc(c45)S3)CC1)O2.Cl.Cl. The molecule has 3 aliphatic heterocycles. The van der Waals surface area contributed by atoms with E-state index in [9.17, 15) is 9.90 Å². The van der Waals surface area contributed by atoms with Crippen molar-refractivity contribution in [1.82, 2.24) is 20.4 Å². The van der Waals surface area contributed by atoms with Gasteiger partial charge in [-0.15, -0.1) is 24.8 Å². The smallest absolute Gasteiger partial charge is 0.258 e. The van der Waals surface area contributed by atoms with Crippen molar-refractivity contribution >= 4 is 59.5 Å². The number of phenolic OH excluding ortho intramolecular Hbond substituents is 1. The van der Waals surface area contributed by atoms with Gasteiger partial charge in [-0.05, 0) is 114 Å². The Labute approximate surface area is 258 Å². The first kappa shape index (κ1) is 31.5. The molecule has 3 N–H and O–H groups in total. The highest BCUT2D eigenvalue weighted by Crippen LogP contribution is 2.44. The first-order valence-electron chi connectivity index (χ1n) is 14.1. The molecule has 1 unspecified atom stereocenters. The number of piperidine rings is 1. The Balaban J connectivity index is 0.00000194. The second-order valence-corrected chi connectivity index (χ2v) is 12.8. The van der Waals surface area contributed by atoms with Gasteiger partial charge in [-0.25, -0.2) is 0 Å². The number of hydrogen-bond acceptors (Lipinski definition) is 6. The molecule has 4 heterocycles. The van der Waals surface area contributed by atoms with E-state index in [1.165, 1.54) is 17.3 Å². The number of nitrogens with zero attached hydrogens (tertiary/aromatic N) is 2. The minimum atomic E-state index is -0.192. The number of likely N-dealkylation sites (tertiary alicyclic amines) is 1. The maximum atomic E-state index is 13.0. The van der Waals surface area contributed by atoms with Crippen molar-refractivity contribution in [1.29, 1.82) is 0 Å². The third kappa shape index (κ3) is 6.07. The van der Waals surface area contributed by atoms with Gasteiger partial charge >= 0.3 is 0 Å². The van der Waals surface area contributed by atoms with Crippen molar-refractivity contribution in [2.75, 3.05) is 26.2 Å². The maximum Gasteiger partial charge on any atom is 0.258 e.